The largest absolute Gasteiger partial charge is 0.461 e. The average Bonchev–Trinajstić information content (AvgIpc) is 2.46. The Balaban J connectivity index is 3.54. The van der Waals surface area contributed by atoms with Crippen molar-refractivity contribution in [2.75, 3.05) is 6.61 Å². The van der Waals surface area contributed by atoms with Gasteiger partial charge in [-0.15, -0.1) is 0 Å². The summed E-state index contributed by atoms with van der Waals surface area (Å²) in [5, 5.41) is 19.1. The van der Waals surface area contributed by atoms with Crippen LogP contribution in [-0.2, 0) is 9.53 Å². The standard InChI is InChI=1S/C18H36O4/c1-4-5-6-7-8-9-10-11-12-13-14-18(3,21)17(20)22-15-16(2)19/h16,19,21H,4-15H2,1-3H3. The molecule has 0 radical (unpaired) electrons. The van der Waals surface area contributed by atoms with Gasteiger partial charge in [0.05, 0.1) is 6.10 Å². The fourth-order valence-corrected chi connectivity index (χ4v) is 2.41. The van der Waals surface area contributed by atoms with Crippen LogP contribution in [0.1, 0.15) is 91.4 Å². The molecule has 0 saturated carbocycles. The Bertz CT molecular complexity index is 274. The van der Waals surface area contributed by atoms with Gasteiger partial charge in [0.15, 0.2) is 5.60 Å². The number of unbranched alkanes of at least 4 members (excludes halogenated alkanes) is 9. The van der Waals surface area contributed by atoms with Crippen LogP contribution in [0.2, 0.25) is 0 Å². The highest BCUT2D eigenvalue weighted by Crippen LogP contribution is 2.18. The van der Waals surface area contributed by atoms with Crippen molar-refractivity contribution in [3.05, 3.63) is 0 Å². The number of carbonyl (C=O) groups is 1. The van der Waals surface area contributed by atoms with Crippen LogP contribution < -0.4 is 0 Å². The van der Waals surface area contributed by atoms with Gasteiger partial charge in [0.2, 0.25) is 0 Å². The second-order valence-corrected chi connectivity index (χ2v) is 6.65. The molecule has 0 aromatic rings. The molecular weight excluding hydrogens is 280 g/mol. The van der Waals surface area contributed by atoms with Gasteiger partial charge in [-0.2, -0.15) is 0 Å². The summed E-state index contributed by atoms with van der Waals surface area (Å²) in [5.74, 6) is -0.635. The van der Waals surface area contributed by atoms with E-state index in [-0.39, 0.29) is 6.61 Å². The number of esters is 1. The van der Waals surface area contributed by atoms with Crippen LogP contribution in [-0.4, -0.2) is 34.5 Å². The summed E-state index contributed by atoms with van der Waals surface area (Å²) in [5.41, 5.74) is -1.44. The molecule has 2 N–H and O–H groups in total. The van der Waals surface area contributed by atoms with Crippen LogP contribution in [0.3, 0.4) is 0 Å². The fraction of sp³-hybridized carbons (Fsp3) is 0.944. The lowest BCUT2D eigenvalue weighted by molar-refractivity contribution is -0.167. The molecule has 2 atom stereocenters. The van der Waals surface area contributed by atoms with Crippen molar-refractivity contribution in [3.63, 3.8) is 0 Å². The molecule has 0 spiro atoms. The third kappa shape index (κ3) is 12.0. The molecular formula is C18H36O4. The van der Waals surface area contributed by atoms with Gasteiger partial charge in [0.25, 0.3) is 0 Å². The molecule has 2 unspecified atom stereocenters. The van der Waals surface area contributed by atoms with Gasteiger partial charge in [-0.3, -0.25) is 0 Å². The van der Waals surface area contributed by atoms with Crippen molar-refractivity contribution in [1.82, 2.24) is 0 Å². The predicted octanol–water partition coefficient (Wildman–Crippen LogP) is 3.97. The second-order valence-electron chi connectivity index (χ2n) is 6.65. The minimum atomic E-state index is -1.44. The van der Waals surface area contributed by atoms with Gasteiger partial charge in [-0.05, 0) is 26.7 Å². The maximum absolute atomic E-state index is 11.7. The predicted molar refractivity (Wildman–Crippen MR) is 89.7 cm³/mol. The van der Waals surface area contributed by atoms with Crippen molar-refractivity contribution >= 4 is 5.97 Å². The van der Waals surface area contributed by atoms with Gasteiger partial charge in [0, 0.05) is 0 Å². The molecule has 22 heavy (non-hydrogen) atoms. The zero-order valence-corrected chi connectivity index (χ0v) is 14.8. The molecule has 0 aliphatic carbocycles. The van der Waals surface area contributed by atoms with Crippen LogP contribution in [0.15, 0.2) is 0 Å². The Hall–Kier alpha value is -0.610. The number of hydrogen-bond donors (Lipinski definition) is 2. The first kappa shape index (κ1) is 21.4. The molecule has 4 nitrogen and oxygen atoms in total. The van der Waals surface area contributed by atoms with Gasteiger partial charge in [0.1, 0.15) is 6.61 Å². The quantitative estimate of drug-likeness (QED) is 0.376. The lowest BCUT2D eigenvalue weighted by atomic mass is 9.97. The molecule has 0 aromatic carbocycles. The first-order valence-corrected chi connectivity index (χ1v) is 8.97. The molecule has 0 saturated heterocycles. The van der Waals surface area contributed by atoms with Crippen LogP contribution in [0.4, 0.5) is 0 Å². The normalized spacial score (nSPS) is 15.3. The van der Waals surface area contributed by atoms with Crippen LogP contribution in [0, 0.1) is 0 Å². The summed E-state index contributed by atoms with van der Waals surface area (Å²) in [7, 11) is 0. The molecule has 4 heteroatoms. The van der Waals surface area contributed by atoms with Gasteiger partial charge in [-0.1, -0.05) is 64.7 Å². The Morgan fingerprint density at radius 2 is 1.45 bits per heavy atom. The second kappa shape index (κ2) is 12.9. The Labute approximate surface area is 136 Å². The number of aliphatic hydroxyl groups is 2. The van der Waals surface area contributed by atoms with E-state index in [0.29, 0.717) is 6.42 Å². The maximum atomic E-state index is 11.7. The summed E-state index contributed by atoms with van der Waals surface area (Å²) in [6.45, 7) is 5.21. The van der Waals surface area contributed by atoms with E-state index >= 15 is 0 Å². The molecule has 0 rings (SSSR count). The van der Waals surface area contributed by atoms with E-state index in [9.17, 15) is 9.90 Å². The third-order valence-electron chi connectivity index (χ3n) is 3.91. The molecule has 132 valence electrons. The van der Waals surface area contributed by atoms with E-state index in [1.54, 1.807) is 6.92 Å². The molecule has 0 bridgehead atoms. The van der Waals surface area contributed by atoms with Crippen LogP contribution in [0.5, 0.6) is 0 Å². The van der Waals surface area contributed by atoms with E-state index < -0.39 is 17.7 Å². The average molecular weight is 316 g/mol. The molecule has 0 aromatic heterocycles. The summed E-state index contributed by atoms with van der Waals surface area (Å²) in [6.07, 6.45) is 11.9. The van der Waals surface area contributed by atoms with Crippen molar-refractivity contribution in [2.24, 2.45) is 0 Å². The third-order valence-corrected chi connectivity index (χ3v) is 3.91. The lowest BCUT2D eigenvalue weighted by Crippen LogP contribution is -2.38. The zero-order chi connectivity index (χ0) is 16.8. The van der Waals surface area contributed by atoms with Gasteiger partial charge < -0.3 is 14.9 Å². The summed E-state index contributed by atoms with van der Waals surface area (Å²) < 4.78 is 4.87. The number of carbonyl (C=O) groups excluding carboxylic acids is 1. The number of hydrogen-bond acceptors (Lipinski definition) is 4. The van der Waals surface area contributed by atoms with Gasteiger partial charge in [-0.25, -0.2) is 4.79 Å². The monoisotopic (exact) mass is 316 g/mol. The number of ether oxygens (including phenoxy) is 1. The van der Waals surface area contributed by atoms with E-state index in [1.165, 1.54) is 51.9 Å². The summed E-state index contributed by atoms with van der Waals surface area (Å²) in [4.78, 5) is 11.7. The lowest BCUT2D eigenvalue weighted by Gasteiger charge is -2.21. The van der Waals surface area contributed by atoms with Crippen molar-refractivity contribution < 1.29 is 19.7 Å². The van der Waals surface area contributed by atoms with Crippen molar-refractivity contribution in [2.45, 2.75) is 103 Å². The minimum absolute atomic E-state index is 0.0625. The minimum Gasteiger partial charge on any atom is -0.461 e. The number of aliphatic hydroxyl groups excluding tert-OH is 1. The maximum Gasteiger partial charge on any atom is 0.337 e. The van der Waals surface area contributed by atoms with Gasteiger partial charge >= 0.3 is 5.97 Å². The fourth-order valence-electron chi connectivity index (χ4n) is 2.41. The highest BCUT2D eigenvalue weighted by Gasteiger charge is 2.31. The summed E-state index contributed by atoms with van der Waals surface area (Å²) >= 11 is 0. The van der Waals surface area contributed by atoms with Crippen LogP contribution >= 0.6 is 0 Å². The molecule has 0 fully saturated rings. The summed E-state index contributed by atoms with van der Waals surface area (Å²) in [6, 6.07) is 0. The Morgan fingerprint density at radius 1 is 1.00 bits per heavy atom. The van der Waals surface area contributed by atoms with Crippen molar-refractivity contribution in [3.8, 4) is 0 Å². The SMILES string of the molecule is CCCCCCCCCCCCC(C)(O)C(=O)OCC(C)O. The van der Waals surface area contributed by atoms with E-state index in [2.05, 4.69) is 6.92 Å². The Morgan fingerprint density at radius 3 is 1.91 bits per heavy atom. The topological polar surface area (TPSA) is 66.8 Å². The highest BCUT2D eigenvalue weighted by atomic mass is 16.6. The number of rotatable bonds is 14. The Kier molecular flexibility index (Phi) is 12.5. The first-order valence-electron chi connectivity index (χ1n) is 8.97. The highest BCUT2D eigenvalue weighted by molar-refractivity contribution is 5.78. The first-order chi connectivity index (χ1) is 10.4. The smallest absolute Gasteiger partial charge is 0.337 e. The van der Waals surface area contributed by atoms with E-state index in [0.717, 1.165) is 19.3 Å². The zero-order valence-electron chi connectivity index (χ0n) is 14.8. The molecule has 0 amide bonds. The van der Waals surface area contributed by atoms with Crippen molar-refractivity contribution in [1.29, 1.82) is 0 Å². The molecule has 0 aliphatic rings. The van der Waals surface area contributed by atoms with E-state index in [1.807, 2.05) is 0 Å². The van der Waals surface area contributed by atoms with E-state index in [4.69, 9.17) is 9.84 Å². The molecule has 0 heterocycles. The van der Waals surface area contributed by atoms with Crippen LogP contribution in [0.25, 0.3) is 0 Å². The molecule has 0 aliphatic heterocycles.